The number of hydrogen-bond acceptors (Lipinski definition) is 5. The Hall–Kier alpha value is -1.99. The van der Waals surface area contributed by atoms with Gasteiger partial charge in [0.2, 0.25) is 0 Å². The van der Waals surface area contributed by atoms with Gasteiger partial charge in [-0.05, 0) is 48.5 Å². The number of hydrogen-bond donors (Lipinski definition) is 1. The Kier molecular flexibility index (Phi) is 7.02. The van der Waals surface area contributed by atoms with E-state index in [-0.39, 0.29) is 16.7 Å². The normalized spacial score (nSPS) is 17.1. The van der Waals surface area contributed by atoms with Crippen molar-refractivity contribution in [2.24, 2.45) is 4.99 Å². The fourth-order valence-electron chi connectivity index (χ4n) is 2.61. The number of phenolic OH excluding ortho intramolecular Hbond substituents is 1. The van der Waals surface area contributed by atoms with Gasteiger partial charge in [0.05, 0.1) is 15.6 Å². The second-order valence-corrected chi connectivity index (χ2v) is 7.82. The highest BCUT2D eigenvalue weighted by Gasteiger charge is 2.33. The molecule has 0 unspecified atom stereocenters. The lowest BCUT2D eigenvalue weighted by atomic mass is 10.2. The molecule has 1 heterocycles. The molecule has 0 spiro atoms. The van der Waals surface area contributed by atoms with E-state index in [0.29, 0.717) is 40.2 Å². The highest BCUT2D eigenvalue weighted by Crippen LogP contribution is 2.38. The molecule has 1 saturated heterocycles. The van der Waals surface area contributed by atoms with Gasteiger partial charge in [-0.1, -0.05) is 41.4 Å². The average molecular weight is 437 g/mol. The van der Waals surface area contributed by atoms with Crippen LogP contribution in [-0.2, 0) is 9.53 Å². The van der Waals surface area contributed by atoms with E-state index in [1.807, 2.05) is 30.3 Å². The monoisotopic (exact) mass is 436 g/mol. The van der Waals surface area contributed by atoms with Gasteiger partial charge in [-0.25, -0.2) is 4.99 Å². The van der Waals surface area contributed by atoms with E-state index in [1.165, 1.54) is 17.8 Å². The molecule has 28 heavy (non-hydrogen) atoms. The molecule has 0 bridgehead atoms. The van der Waals surface area contributed by atoms with Crippen molar-refractivity contribution in [3.05, 3.63) is 63.0 Å². The van der Waals surface area contributed by atoms with Gasteiger partial charge < -0.3 is 9.84 Å². The third kappa shape index (κ3) is 4.89. The Morgan fingerprint density at radius 1 is 1.25 bits per heavy atom. The zero-order valence-corrected chi connectivity index (χ0v) is 17.4. The number of methoxy groups -OCH3 is 1. The minimum atomic E-state index is -0.189. The topological polar surface area (TPSA) is 62.1 Å². The number of benzene rings is 2. The first-order chi connectivity index (χ1) is 13.5. The standard InChI is InChI=1S/C20H18Cl2N2O3S/c1-27-9-5-8-24-19(26)17(11-13-10-14(21)12-16(22)18(13)25)28-20(24)23-15-6-3-2-4-7-15/h2-4,6-7,10-12,25H,5,8-9H2,1H3/b17-11-,23-20?. The quantitative estimate of drug-likeness (QED) is 0.490. The van der Waals surface area contributed by atoms with Crippen molar-refractivity contribution in [1.29, 1.82) is 0 Å². The van der Waals surface area contributed by atoms with Crippen molar-refractivity contribution in [3.8, 4) is 5.75 Å². The molecule has 0 radical (unpaired) electrons. The van der Waals surface area contributed by atoms with E-state index >= 15 is 0 Å². The van der Waals surface area contributed by atoms with Gasteiger partial charge in [0.25, 0.3) is 5.91 Å². The zero-order valence-electron chi connectivity index (χ0n) is 15.1. The number of phenols is 1. The van der Waals surface area contributed by atoms with Crippen molar-refractivity contribution in [2.75, 3.05) is 20.3 Å². The number of carbonyl (C=O) groups is 1. The number of amides is 1. The Balaban J connectivity index is 1.96. The molecule has 8 heteroatoms. The van der Waals surface area contributed by atoms with Gasteiger partial charge in [0.1, 0.15) is 5.75 Å². The van der Waals surface area contributed by atoms with E-state index in [0.717, 1.165) is 5.69 Å². The number of thioether (sulfide) groups is 1. The molecule has 0 aromatic heterocycles. The van der Waals surface area contributed by atoms with Crippen LogP contribution in [0.1, 0.15) is 12.0 Å². The number of amidine groups is 1. The third-order valence-corrected chi connectivity index (χ3v) is 5.46. The van der Waals surface area contributed by atoms with Crippen LogP contribution in [-0.4, -0.2) is 41.3 Å². The van der Waals surface area contributed by atoms with Crippen LogP contribution in [0.2, 0.25) is 10.0 Å². The van der Waals surface area contributed by atoms with Crippen molar-refractivity contribution < 1.29 is 14.6 Å². The van der Waals surface area contributed by atoms with Gasteiger partial charge in [-0.15, -0.1) is 0 Å². The van der Waals surface area contributed by atoms with Crippen LogP contribution in [0.3, 0.4) is 0 Å². The van der Waals surface area contributed by atoms with E-state index in [9.17, 15) is 9.90 Å². The summed E-state index contributed by atoms with van der Waals surface area (Å²) in [5.74, 6) is -0.308. The largest absolute Gasteiger partial charge is 0.506 e. The van der Waals surface area contributed by atoms with Crippen LogP contribution in [0.15, 0.2) is 52.4 Å². The molecule has 1 N–H and O–H groups in total. The van der Waals surface area contributed by atoms with Crippen LogP contribution >= 0.6 is 35.0 Å². The summed E-state index contributed by atoms with van der Waals surface area (Å²) in [6.07, 6.45) is 2.26. The van der Waals surface area contributed by atoms with Crippen molar-refractivity contribution in [2.45, 2.75) is 6.42 Å². The van der Waals surface area contributed by atoms with Crippen LogP contribution in [0.4, 0.5) is 5.69 Å². The second kappa shape index (κ2) is 9.47. The molecule has 0 atom stereocenters. The average Bonchev–Trinajstić information content (AvgIpc) is 2.95. The first-order valence-electron chi connectivity index (χ1n) is 8.51. The smallest absolute Gasteiger partial charge is 0.266 e. The van der Waals surface area contributed by atoms with Gasteiger partial charge in [-0.2, -0.15) is 0 Å². The number of rotatable bonds is 6. The zero-order chi connectivity index (χ0) is 20.1. The second-order valence-electron chi connectivity index (χ2n) is 5.97. The molecule has 0 aliphatic carbocycles. The number of para-hydroxylation sites is 1. The van der Waals surface area contributed by atoms with E-state index in [2.05, 4.69) is 4.99 Å². The van der Waals surface area contributed by atoms with Crippen LogP contribution in [0, 0.1) is 0 Å². The molecule has 1 aliphatic heterocycles. The molecule has 1 aliphatic rings. The summed E-state index contributed by atoms with van der Waals surface area (Å²) in [4.78, 5) is 19.6. The molecule has 0 saturated carbocycles. The maximum absolute atomic E-state index is 13.0. The number of aliphatic imine (C=N–C) groups is 1. The molecule has 1 amide bonds. The number of halogens is 2. The molecule has 146 valence electrons. The van der Waals surface area contributed by atoms with E-state index < -0.39 is 0 Å². The Labute approximate surface area is 177 Å². The summed E-state index contributed by atoms with van der Waals surface area (Å²) in [7, 11) is 1.62. The summed E-state index contributed by atoms with van der Waals surface area (Å²) >= 11 is 13.3. The highest BCUT2D eigenvalue weighted by atomic mass is 35.5. The third-order valence-electron chi connectivity index (χ3n) is 3.94. The Morgan fingerprint density at radius 3 is 2.71 bits per heavy atom. The van der Waals surface area contributed by atoms with Crippen molar-refractivity contribution in [3.63, 3.8) is 0 Å². The summed E-state index contributed by atoms with van der Waals surface area (Å²) in [5.41, 5.74) is 1.13. The first kappa shape index (κ1) is 20.7. The highest BCUT2D eigenvalue weighted by molar-refractivity contribution is 8.18. The molecule has 5 nitrogen and oxygen atoms in total. The van der Waals surface area contributed by atoms with Crippen molar-refractivity contribution in [1.82, 2.24) is 4.90 Å². The van der Waals surface area contributed by atoms with Crippen LogP contribution in [0.25, 0.3) is 6.08 Å². The number of carbonyl (C=O) groups excluding carboxylic acids is 1. The minimum Gasteiger partial charge on any atom is -0.506 e. The lowest BCUT2D eigenvalue weighted by molar-refractivity contribution is -0.122. The van der Waals surface area contributed by atoms with Crippen molar-refractivity contribution >= 4 is 57.8 Å². The Bertz CT molecular complexity index is 933. The van der Waals surface area contributed by atoms with Crippen LogP contribution < -0.4 is 0 Å². The van der Waals surface area contributed by atoms with Gasteiger partial charge >= 0.3 is 0 Å². The van der Waals surface area contributed by atoms with Gasteiger partial charge in [0, 0.05) is 30.8 Å². The molecular formula is C20H18Cl2N2O3S. The minimum absolute atomic E-state index is 0.119. The lowest BCUT2D eigenvalue weighted by Crippen LogP contribution is -2.30. The Morgan fingerprint density at radius 2 is 2.00 bits per heavy atom. The fourth-order valence-corrected chi connectivity index (χ4v) is 4.13. The lowest BCUT2D eigenvalue weighted by Gasteiger charge is -2.15. The number of aromatic hydroxyl groups is 1. The first-order valence-corrected chi connectivity index (χ1v) is 10.1. The summed E-state index contributed by atoms with van der Waals surface area (Å²) in [5, 5.41) is 11.3. The van der Waals surface area contributed by atoms with E-state index in [1.54, 1.807) is 24.2 Å². The SMILES string of the molecule is COCCCN1C(=O)/C(=C/c2cc(Cl)cc(Cl)c2O)SC1=Nc1ccccc1. The summed E-state index contributed by atoms with van der Waals surface area (Å²) in [6, 6.07) is 12.4. The fraction of sp³-hybridized carbons (Fsp3) is 0.200. The van der Waals surface area contributed by atoms with E-state index in [4.69, 9.17) is 27.9 Å². The van der Waals surface area contributed by atoms with Gasteiger partial charge in [0.15, 0.2) is 5.17 Å². The van der Waals surface area contributed by atoms with Gasteiger partial charge in [-0.3, -0.25) is 9.69 Å². The molecule has 3 rings (SSSR count). The molecule has 1 fully saturated rings. The predicted molar refractivity (Wildman–Crippen MR) is 115 cm³/mol. The maximum atomic E-state index is 13.0. The summed E-state index contributed by atoms with van der Waals surface area (Å²) in [6.45, 7) is 1.02. The predicted octanol–water partition coefficient (Wildman–Crippen LogP) is 5.34. The maximum Gasteiger partial charge on any atom is 0.266 e. The number of ether oxygens (including phenoxy) is 1. The molecule has 2 aromatic carbocycles. The number of nitrogens with zero attached hydrogens (tertiary/aromatic N) is 2. The summed E-state index contributed by atoms with van der Waals surface area (Å²) < 4.78 is 5.09. The molecular weight excluding hydrogens is 419 g/mol. The van der Waals surface area contributed by atoms with Crippen LogP contribution in [0.5, 0.6) is 5.75 Å². The molecule has 2 aromatic rings.